The number of nitrogens with zero attached hydrogens (tertiary/aromatic N) is 2. The van der Waals surface area contributed by atoms with Crippen LogP contribution in [0.15, 0.2) is 48.5 Å². The van der Waals surface area contributed by atoms with E-state index in [1.807, 2.05) is 6.07 Å². The number of hydrogen-bond acceptors (Lipinski definition) is 5. The molecule has 2 aliphatic rings. The molecular weight excluding hydrogens is 419 g/mol. The molecule has 0 aromatic heterocycles. The fourth-order valence-corrected chi connectivity index (χ4v) is 4.67. The molecule has 0 amide bonds. The fraction of sp³-hybridized carbons (Fsp3) is 0.556. The van der Waals surface area contributed by atoms with Crippen molar-refractivity contribution >= 4 is 0 Å². The van der Waals surface area contributed by atoms with Gasteiger partial charge in [0.15, 0.2) is 0 Å². The molecule has 0 spiro atoms. The molecule has 0 atom stereocenters. The first-order valence-electron chi connectivity index (χ1n) is 12.4. The Balaban J connectivity index is 1.17. The molecule has 6 heteroatoms. The minimum absolute atomic E-state index is 0.229. The summed E-state index contributed by atoms with van der Waals surface area (Å²) in [5.41, 5.74) is 0.390. The van der Waals surface area contributed by atoms with Gasteiger partial charge in [0.25, 0.3) is 0 Å². The summed E-state index contributed by atoms with van der Waals surface area (Å²) in [5.74, 6) is 1.23. The van der Waals surface area contributed by atoms with Gasteiger partial charge in [-0.25, -0.2) is 4.39 Å². The predicted molar refractivity (Wildman–Crippen MR) is 128 cm³/mol. The second kappa shape index (κ2) is 11.8. The zero-order valence-electron chi connectivity index (χ0n) is 19.6. The highest BCUT2D eigenvalue weighted by Gasteiger charge is 2.33. The van der Waals surface area contributed by atoms with Gasteiger partial charge in [-0.05, 0) is 87.2 Å². The normalized spacial score (nSPS) is 19.3. The Morgan fingerprint density at radius 2 is 1.61 bits per heavy atom. The van der Waals surface area contributed by atoms with Gasteiger partial charge in [0, 0.05) is 26.2 Å². The molecule has 2 aromatic carbocycles. The molecule has 2 saturated heterocycles. The van der Waals surface area contributed by atoms with Crippen LogP contribution >= 0.6 is 0 Å². The van der Waals surface area contributed by atoms with E-state index < -0.39 is 5.60 Å². The number of piperidine rings is 2. The molecule has 2 aliphatic heterocycles. The number of benzene rings is 2. The molecule has 5 nitrogen and oxygen atoms in total. The van der Waals surface area contributed by atoms with Gasteiger partial charge in [0.05, 0.1) is 6.61 Å². The van der Waals surface area contributed by atoms with Gasteiger partial charge in [-0.2, -0.15) is 0 Å². The highest BCUT2D eigenvalue weighted by atomic mass is 19.1. The summed E-state index contributed by atoms with van der Waals surface area (Å²) >= 11 is 0. The molecule has 0 unspecified atom stereocenters. The summed E-state index contributed by atoms with van der Waals surface area (Å²) in [6.07, 6.45) is 6.41. The van der Waals surface area contributed by atoms with Gasteiger partial charge in [0.1, 0.15) is 29.5 Å². The smallest absolute Gasteiger partial charge is 0.123 e. The Morgan fingerprint density at radius 3 is 2.36 bits per heavy atom. The molecule has 2 heterocycles. The zero-order chi connectivity index (χ0) is 22.9. The molecular formula is C27H37FN2O3. The van der Waals surface area contributed by atoms with Crippen LogP contribution in [-0.4, -0.2) is 66.4 Å². The summed E-state index contributed by atoms with van der Waals surface area (Å²) < 4.78 is 24.8. The Bertz CT molecular complexity index is 847. The van der Waals surface area contributed by atoms with E-state index in [1.54, 1.807) is 12.1 Å². The molecule has 33 heavy (non-hydrogen) atoms. The van der Waals surface area contributed by atoms with Gasteiger partial charge in [0.2, 0.25) is 0 Å². The number of aliphatic hydroxyl groups is 1. The van der Waals surface area contributed by atoms with Crippen molar-refractivity contribution in [3.63, 3.8) is 0 Å². The zero-order valence-corrected chi connectivity index (χ0v) is 19.6. The largest absolute Gasteiger partial charge is 0.494 e. The Labute approximate surface area is 197 Å². The average molecular weight is 457 g/mol. The minimum Gasteiger partial charge on any atom is -0.494 e. The maximum Gasteiger partial charge on any atom is 0.123 e. The standard InChI is InChI=1S/C27H37FN2O3/c28-24-8-10-25(11-9-24)33-22-27(31)12-17-30(18-13-27)21-23-6-4-7-26(20-23)32-19-5-16-29-14-2-1-3-15-29/h4,6-11,20,31H,1-3,5,12-19,21-22H2. The predicted octanol–water partition coefficient (Wildman–Crippen LogP) is 4.49. The minimum atomic E-state index is -0.843. The molecule has 2 fully saturated rings. The Morgan fingerprint density at radius 1 is 0.848 bits per heavy atom. The van der Waals surface area contributed by atoms with Crippen molar-refractivity contribution in [2.45, 2.75) is 50.7 Å². The van der Waals surface area contributed by atoms with Crippen molar-refractivity contribution in [2.24, 2.45) is 0 Å². The second-order valence-electron chi connectivity index (χ2n) is 9.49. The first-order valence-corrected chi connectivity index (χ1v) is 12.4. The maximum atomic E-state index is 13.0. The van der Waals surface area contributed by atoms with Crippen LogP contribution in [0.5, 0.6) is 11.5 Å². The fourth-order valence-electron chi connectivity index (χ4n) is 4.67. The first-order chi connectivity index (χ1) is 16.1. The molecule has 0 aliphatic carbocycles. The van der Waals surface area contributed by atoms with E-state index in [4.69, 9.17) is 9.47 Å². The Hall–Kier alpha value is -2.15. The van der Waals surface area contributed by atoms with Gasteiger partial charge in [-0.3, -0.25) is 4.90 Å². The highest BCUT2D eigenvalue weighted by Crippen LogP contribution is 2.26. The van der Waals surface area contributed by atoms with Crippen molar-refractivity contribution in [2.75, 3.05) is 45.9 Å². The van der Waals surface area contributed by atoms with Crippen LogP contribution in [0, 0.1) is 5.82 Å². The van der Waals surface area contributed by atoms with E-state index in [-0.39, 0.29) is 12.4 Å². The Kier molecular flexibility index (Phi) is 8.59. The van der Waals surface area contributed by atoms with Gasteiger partial charge >= 0.3 is 0 Å². The maximum absolute atomic E-state index is 13.0. The van der Waals surface area contributed by atoms with Crippen LogP contribution in [0.4, 0.5) is 4.39 Å². The van der Waals surface area contributed by atoms with Crippen LogP contribution in [0.25, 0.3) is 0 Å². The van der Waals surface area contributed by atoms with E-state index >= 15 is 0 Å². The highest BCUT2D eigenvalue weighted by molar-refractivity contribution is 5.28. The second-order valence-corrected chi connectivity index (χ2v) is 9.49. The molecule has 0 bridgehead atoms. The lowest BCUT2D eigenvalue weighted by Crippen LogP contribution is -2.47. The van der Waals surface area contributed by atoms with E-state index in [1.165, 1.54) is 50.0 Å². The van der Waals surface area contributed by atoms with Crippen LogP contribution in [-0.2, 0) is 6.54 Å². The van der Waals surface area contributed by atoms with Gasteiger partial charge in [-0.15, -0.1) is 0 Å². The number of ether oxygens (including phenoxy) is 2. The topological polar surface area (TPSA) is 45.2 Å². The van der Waals surface area contributed by atoms with E-state index in [0.29, 0.717) is 18.6 Å². The summed E-state index contributed by atoms with van der Waals surface area (Å²) in [6.45, 7) is 7.05. The summed E-state index contributed by atoms with van der Waals surface area (Å²) in [5, 5.41) is 10.9. The lowest BCUT2D eigenvalue weighted by molar-refractivity contribution is -0.0537. The van der Waals surface area contributed by atoms with Crippen LogP contribution < -0.4 is 9.47 Å². The quantitative estimate of drug-likeness (QED) is 0.534. The number of likely N-dealkylation sites (tertiary alicyclic amines) is 2. The van der Waals surface area contributed by atoms with E-state index in [0.717, 1.165) is 45.0 Å². The van der Waals surface area contributed by atoms with Crippen LogP contribution in [0.2, 0.25) is 0 Å². The molecule has 0 saturated carbocycles. The van der Waals surface area contributed by atoms with Gasteiger partial charge in [-0.1, -0.05) is 18.6 Å². The number of rotatable bonds is 10. The lowest BCUT2D eigenvalue weighted by atomic mass is 9.92. The number of halogens is 1. The van der Waals surface area contributed by atoms with Crippen molar-refractivity contribution in [3.05, 3.63) is 59.9 Å². The summed E-state index contributed by atoms with van der Waals surface area (Å²) in [7, 11) is 0. The summed E-state index contributed by atoms with van der Waals surface area (Å²) in [6, 6.07) is 14.3. The average Bonchev–Trinajstić information content (AvgIpc) is 2.84. The van der Waals surface area contributed by atoms with Crippen molar-refractivity contribution in [1.29, 1.82) is 0 Å². The molecule has 4 rings (SSSR count). The van der Waals surface area contributed by atoms with E-state index in [9.17, 15) is 9.50 Å². The van der Waals surface area contributed by atoms with Crippen LogP contribution in [0.3, 0.4) is 0 Å². The first kappa shape index (κ1) is 24.0. The summed E-state index contributed by atoms with van der Waals surface area (Å²) in [4.78, 5) is 4.91. The van der Waals surface area contributed by atoms with Gasteiger partial charge < -0.3 is 19.5 Å². The van der Waals surface area contributed by atoms with Crippen LogP contribution in [0.1, 0.15) is 44.1 Å². The van der Waals surface area contributed by atoms with Crippen molar-refractivity contribution in [1.82, 2.24) is 9.80 Å². The third-order valence-electron chi connectivity index (χ3n) is 6.75. The SMILES string of the molecule is OC1(COc2ccc(F)cc2)CCN(Cc2cccc(OCCCN3CCCCC3)c2)CC1. The van der Waals surface area contributed by atoms with Crippen molar-refractivity contribution in [3.8, 4) is 11.5 Å². The van der Waals surface area contributed by atoms with E-state index in [2.05, 4.69) is 28.0 Å². The lowest BCUT2D eigenvalue weighted by Gasteiger charge is -2.38. The third-order valence-corrected chi connectivity index (χ3v) is 6.75. The number of hydrogen-bond donors (Lipinski definition) is 1. The molecule has 2 aromatic rings. The third kappa shape index (κ3) is 7.70. The molecule has 1 N–H and O–H groups in total. The van der Waals surface area contributed by atoms with Crippen molar-refractivity contribution < 1.29 is 19.0 Å². The monoisotopic (exact) mass is 456 g/mol. The molecule has 180 valence electrons. The molecule has 0 radical (unpaired) electrons.